The van der Waals surface area contributed by atoms with E-state index in [1.54, 1.807) is 27.7 Å². The molecule has 0 N–H and O–H groups in total. The van der Waals surface area contributed by atoms with Crippen LogP contribution >= 0.6 is 24.3 Å². The molecule has 0 aliphatic carbocycles. The zero-order chi connectivity index (χ0) is 13.4. The lowest BCUT2D eigenvalue weighted by molar-refractivity contribution is 1.04. The van der Waals surface area contributed by atoms with E-state index in [-0.39, 0.29) is 0 Å². The van der Waals surface area contributed by atoms with Gasteiger partial charge < -0.3 is 0 Å². The van der Waals surface area contributed by atoms with Crippen LogP contribution in [0, 0.1) is 0 Å². The summed E-state index contributed by atoms with van der Waals surface area (Å²) in [7, 11) is 0. The molecule has 0 saturated heterocycles. The van der Waals surface area contributed by atoms with E-state index in [1.165, 1.54) is 0 Å². The monoisotopic (exact) mass is 284 g/mol. The minimum absolute atomic E-state index is 0.652. The molecule has 1 aliphatic rings. The second-order valence-electron chi connectivity index (χ2n) is 3.23. The number of hydrogen-bond acceptors (Lipinski definition) is 10. The van der Waals surface area contributed by atoms with Gasteiger partial charge in [0.2, 0.25) is 0 Å². The SMILES string of the molecule is C/C1=C(/C)N=NSN=N/C(C)=C(\C)N=NSN=N1. The zero-order valence-electron chi connectivity index (χ0n) is 10.4. The molecule has 1 aliphatic heterocycles. The molecule has 0 spiro atoms. The predicted octanol–water partition coefficient (Wildman–Crippen LogP) is 5.44. The van der Waals surface area contributed by atoms with Crippen LogP contribution < -0.4 is 0 Å². The highest BCUT2D eigenvalue weighted by Crippen LogP contribution is 2.18. The van der Waals surface area contributed by atoms with Crippen LogP contribution in [0.2, 0.25) is 0 Å². The number of nitrogens with zero attached hydrogens (tertiary/aromatic N) is 8. The Kier molecular flexibility index (Phi) is 6.36. The van der Waals surface area contributed by atoms with Crippen LogP contribution in [-0.2, 0) is 0 Å². The van der Waals surface area contributed by atoms with Crippen LogP contribution in [0.3, 0.4) is 0 Å². The molecule has 0 aromatic carbocycles. The molecule has 0 radical (unpaired) electrons. The molecule has 1 heterocycles. The van der Waals surface area contributed by atoms with Crippen molar-refractivity contribution >= 4 is 24.3 Å². The van der Waals surface area contributed by atoms with Gasteiger partial charge in [-0.2, -0.15) is 0 Å². The van der Waals surface area contributed by atoms with Crippen molar-refractivity contribution in [2.75, 3.05) is 0 Å². The van der Waals surface area contributed by atoms with Gasteiger partial charge in [-0.05, 0) is 27.7 Å². The first-order valence-corrected chi connectivity index (χ1v) is 6.39. The van der Waals surface area contributed by atoms with Gasteiger partial charge in [-0.25, -0.2) is 0 Å². The minimum atomic E-state index is 0.652. The summed E-state index contributed by atoms with van der Waals surface area (Å²) < 4.78 is 15.2. The summed E-state index contributed by atoms with van der Waals surface area (Å²) >= 11 is 1.78. The van der Waals surface area contributed by atoms with Crippen molar-refractivity contribution in [3.05, 3.63) is 22.8 Å². The third kappa shape index (κ3) is 5.27. The lowest BCUT2D eigenvalue weighted by atomic mass is 10.4. The molecule has 96 valence electrons. The molecule has 0 amide bonds. The van der Waals surface area contributed by atoms with Crippen molar-refractivity contribution in [2.45, 2.75) is 27.7 Å². The van der Waals surface area contributed by atoms with Gasteiger partial charge in [0, 0.05) is 0 Å². The van der Waals surface area contributed by atoms with Crippen LogP contribution in [0.25, 0.3) is 0 Å². The third-order valence-electron chi connectivity index (χ3n) is 1.96. The molecular weight excluding hydrogens is 272 g/mol. The molecular formula is C8H12N8S2. The van der Waals surface area contributed by atoms with Gasteiger partial charge in [0.25, 0.3) is 0 Å². The second-order valence-corrected chi connectivity index (χ2v) is 4.21. The summed E-state index contributed by atoms with van der Waals surface area (Å²) in [5, 5.41) is 15.7. The van der Waals surface area contributed by atoms with E-state index >= 15 is 0 Å². The molecule has 1 rings (SSSR count). The lowest BCUT2D eigenvalue weighted by Gasteiger charge is -1.94. The Hall–Kier alpha value is -1.42. The normalized spacial score (nSPS) is 26.4. The van der Waals surface area contributed by atoms with Crippen LogP contribution in [0.5, 0.6) is 0 Å². The maximum absolute atomic E-state index is 3.92. The van der Waals surface area contributed by atoms with Crippen molar-refractivity contribution in [2.24, 2.45) is 38.5 Å². The second kappa shape index (κ2) is 7.82. The Balaban J connectivity index is 2.95. The van der Waals surface area contributed by atoms with Crippen LogP contribution in [0.4, 0.5) is 0 Å². The molecule has 0 atom stereocenters. The summed E-state index contributed by atoms with van der Waals surface area (Å²) in [5.41, 5.74) is 2.61. The zero-order valence-corrected chi connectivity index (χ0v) is 12.0. The first kappa shape index (κ1) is 14.6. The van der Waals surface area contributed by atoms with Crippen molar-refractivity contribution in [1.29, 1.82) is 0 Å². The summed E-state index contributed by atoms with van der Waals surface area (Å²) in [5.74, 6) is 0. The van der Waals surface area contributed by atoms with Crippen molar-refractivity contribution in [1.82, 2.24) is 0 Å². The van der Waals surface area contributed by atoms with Gasteiger partial charge in [-0.1, -0.05) is 18.1 Å². The average Bonchev–Trinajstić information content (AvgIpc) is 2.35. The van der Waals surface area contributed by atoms with E-state index in [0.29, 0.717) is 22.8 Å². The summed E-state index contributed by atoms with van der Waals surface area (Å²) in [4.78, 5) is 0. The summed E-state index contributed by atoms with van der Waals surface area (Å²) in [6.07, 6.45) is 0. The quantitative estimate of drug-likeness (QED) is 0.553. The Morgan fingerprint density at radius 2 is 0.722 bits per heavy atom. The molecule has 0 aromatic rings. The van der Waals surface area contributed by atoms with Gasteiger partial charge in [-0.15, -0.1) is 20.5 Å². The van der Waals surface area contributed by atoms with Crippen molar-refractivity contribution < 1.29 is 0 Å². The first-order valence-electron chi connectivity index (χ1n) is 4.92. The molecule has 0 fully saturated rings. The van der Waals surface area contributed by atoms with Gasteiger partial charge in [0.1, 0.15) is 0 Å². The van der Waals surface area contributed by atoms with Gasteiger partial charge in [0.15, 0.2) is 24.3 Å². The molecule has 8 nitrogen and oxygen atoms in total. The Bertz CT molecular complexity index is 389. The fourth-order valence-corrected chi connectivity index (χ4v) is 1.34. The Morgan fingerprint density at radius 3 is 0.944 bits per heavy atom. The minimum Gasteiger partial charge on any atom is -0.145 e. The largest absolute Gasteiger partial charge is 0.160 e. The van der Waals surface area contributed by atoms with E-state index in [4.69, 9.17) is 0 Å². The summed E-state index contributed by atoms with van der Waals surface area (Å²) in [6, 6.07) is 0. The van der Waals surface area contributed by atoms with Crippen LogP contribution in [0.15, 0.2) is 61.3 Å². The van der Waals surface area contributed by atoms with Crippen LogP contribution in [-0.4, -0.2) is 0 Å². The Labute approximate surface area is 113 Å². The first-order chi connectivity index (χ1) is 8.61. The summed E-state index contributed by atoms with van der Waals surface area (Å²) in [6.45, 7) is 7.12. The van der Waals surface area contributed by atoms with Crippen molar-refractivity contribution in [3.8, 4) is 0 Å². The van der Waals surface area contributed by atoms with E-state index in [0.717, 1.165) is 24.3 Å². The molecule has 0 saturated carbocycles. The lowest BCUT2D eigenvalue weighted by Crippen LogP contribution is -1.75. The number of rotatable bonds is 0. The standard InChI is InChI=1S/C8H12N8S2/c1-5-6(2)10-14-18-16-12-8(4)7(3)11-15-17-13-9-5/h1-4H3/b6-5+,8-7+,13-9?,14-10?,15-11?,16-12?. The highest BCUT2D eigenvalue weighted by molar-refractivity contribution is 7.96. The average molecular weight is 284 g/mol. The molecule has 18 heavy (non-hydrogen) atoms. The van der Waals surface area contributed by atoms with Crippen molar-refractivity contribution in [3.63, 3.8) is 0 Å². The van der Waals surface area contributed by atoms with E-state index in [2.05, 4.69) is 38.5 Å². The fourth-order valence-electron chi connectivity index (χ4n) is 0.640. The fraction of sp³-hybridized carbons (Fsp3) is 0.500. The molecule has 0 aromatic heterocycles. The maximum Gasteiger partial charge on any atom is 0.160 e. The van der Waals surface area contributed by atoms with Gasteiger partial charge in [0.05, 0.1) is 22.8 Å². The number of hydrogen-bond donors (Lipinski definition) is 0. The predicted molar refractivity (Wildman–Crippen MR) is 71.4 cm³/mol. The molecule has 10 heteroatoms. The maximum atomic E-state index is 3.92. The molecule has 0 unspecified atom stereocenters. The highest BCUT2D eigenvalue weighted by atomic mass is 32.2. The van der Waals surface area contributed by atoms with Gasteiger partial charge >= 0.3 is 0 Å². The van der Waals surface area contributed by atoms with Gasteiger partial charge in [-0.3, -0.25) is 0 Å². The highest BCUT2D eigenvalue weighted by Gasteiger charge is 1.96. The van der Waals surface area contributed by atoms with Crippen LogP contribution in [0.1, 0.15) is 27.7 Å². The smallest absolute Gasteiger partial charge is 0.145 e. The Morgan fingerprint density at radius 1 is 0.500 bits per heavy atom. The van der Waals surface area contributed by atoms with E-state index in [1.807, 2.05) is 0 Å². The third-order valence-corrected chi connectivity index (χ3v) is 2.58. The van der Waals surface area contributed by atoms with E-state index < -0.39 is 0 Å². The van der Waals surface area contributed by atoms with E-state index in [9.17, 15) is 0 Å². The topological polar surface area (TPSA) is 98.9 Å². The number of allylic oxidation sites excluding steroid dienone is 4. The molecule has 0 bridgehead atoms.